The van der Waals surface area contributed by atoms with Crippen molar-refractivity contribution in [2.24, 2.45) is 0 Å². The van der Waals surface area contributed by atoms with Crippen LogP contribution in [0.3, 0.4) is 0 Å². The Morgan fingerprint density at radius 3 is 2.78 bits per heavy atom. The van der Waals surface area contributed by atoms with Crippen molar-refractivity contribution in [2.45, 2.75) is 13.3 Å². The number of aromatic amines is 1. The highest BCUT2D eigenvalue weighted by molar-refractivity contribution is 5.54. The zero-order valence-corrected chi connectivity index (χ0v) is 10.4. The van der Waals surface area contributed by atoms with Crippen molar-refractivity contribution >= 4 is 5.69 Å². The zero-order chi connectivity index (χ0) is 13.1. The van der Waals surface area contributed by atoms with Gasteiger partial charge in [-0.3, -0.25) is 0 Å². The predicted octanol–water partition coefficient (Wildman–Crippen LogP) is 1.26. The molecule has 0 atom stereocenters. The highest BCUT2D eigenvalue weighted by atomic mass is 16.5. The number of aryl methyl sites for hydroxylation is 1. The summed E-state index contributed by atoms with van der Waals surface area (Å²) in [5.41, 5.74) is 8.60. The molecule has 0 spiro atoms. The molecule has 0 aliphatic rings. The van der Waals surface area contributed by atoms with E-state index in [0.29, 0.717) is 17.9 Å². The molecule has 1 aromatic heterocycles. The minimum absolute atomic E-state index is 0.327. The van der Waals surface area contributed by atoms with E-state index in [1.165, 1.54) is 0 Å². The van der Waals surface area contributed by atoms with E-state index in [1.807, 2.05) is 31.2 Å². The van der Waals surface area contributed by atoms with Gasteiger partial charge in [-0.05, 0) is 30.7 Å². The van der Waals surface area contributed by atoms with Gasteiger partial charge in [0.15, 0.2) is 0 Å². The molecule has 1 heterocycles. The largest absolute Gasteiger partial charge is 0.495 e. The van der Waals surface area contributed by atoms with Crippen molar-refractivity contribution in [3.63, 3.8) is 0 Å². The van der Waals surface area contributed by atoms with Crippen LogP contribution in [0.2, 0.25) is 0 Å². The first kappa shape index (κ1) is 12.2. The van der Waals surface area contributed by atoms with Gasteiger partial charge in [0.1, 0.15) is 5.75 Å². The van der Waals surface area contributed by atoms with Gasteiger partial charge in [0.2, 0.25) is 0 Å². The Hall–Kier alpha value is -2.30. The number of nitrogens with zero attached hydrogens (tertiary/aromatic N) is 1. The summed E-state index contributed by atoms with van der Waals surface area (Å²) >= 11 is 0. The van der Waals surface area contributed by atoms with E-state index in [0.717, 1.165) is 17.0 Å². The van der Waals surface area contributed by atoms with E-state index < -0.39 is 0 Å². The van der Waals surface area contributed by atoms with Crippen LogP contribution in [0.1, 0.15) is 17.0 Å². The number of ether oxygens (including phenoxy) is 1. The quantitative estimate of drug-likeness (QED) is 0.798. The maximum atomic E-state index is 11.3. The predicted molar refractivity (Wildman–Crippen MR) is 69.8 cm³/mol. The highest BCUT2D eigenvalue weighted by Crippen LogP contribution is 2.22. The van der Waals surface area contributed by atoms with E-state index in [9.17, 15) is 4.79 Å². The van der Waals surface area contributed by atoms with Gasteiger partial charge in [-0.2, -0.15) is 4.98 Å². The standard InChI is InChI=1S/C13H15N3O2/c1-8-5-10(16-13(17)15-8)6-9-3-4-12(18-2)11(14)7-9/h3-5,7H,6,14H2,1-2H3,(H,15,16,17). The second-order valence-electron chi connectivity index (χ2n) is 4.11. The van der Waals surface area contributed by atoms with Crippen molar-refractivity contribution in [3.8, 4) is 5.75 Å². The lowest BCUT2D eigenvalue weighted by Gasteiger charge is -2.07. The number of nitrogen functional groups attached to an aromatic ring is 1. The Morgan fingerprint density at radius 2 is 2.17 bits per heavy atom. The Labute approximate surface area is 105 Å². The van der Waals surface area contributed by atoms with E-state index in [4.69, 9.17) is 10.5 Å². The molecular formula is C13H15N3O2. The van der Waals surface area contributed by atoms with Crippen molar-refractivity contribution in [1.82, 2.24) is 9.97 Å². The van der Waals surface area contributed by atoms with Gasteiger partial charge in [0, 0.05) is 12.1 Å². The van der Waals surface area contributed by atoms with E-state index >= 15 is 0 Å². The summed E-state index contributed by atoms with van der Waals surface area (Å²) in [5.74, 6) is 0.647. The summed E-state index contributed by atoms with van der Waals surface area (Å²) < 4.78 is 5.09. The maximum absolute atomic E-state index is 11.3. The molecule has 18 heavy (non-hydrogen) atoms. The SMILES string of the molecule is COc1ccc(Cc2cc(C)[nH]c(=O)n2)cc1N. The molecule has 0 fully saturated rings. The summed E-state index contributed by atoms with van der Waals surface area (Å²) in [7, 11) is 1.58. The van der Waals surface area contributed by atoms with Crippen molar-refractivity contribution in [1.29, 1.82) is 0 Å². The Balaban J connectivity index is 2.28. The summed E-state index contributed by atoms with van der Waals surface area (Å²) in [6.45, 7) is 1.83. The van der Waals surface area contributed by atoms with E-state index in [2.05, 4.69) is 9.97 Å². The molecule has 3 N–H and O–H groups in total. The first-order chi connectivity index (χ1) is 8.58. The molecule has 0 aliphatic heterocycles. The molecule has 0 saturated heterocycles. The number of hydrogen-bond donors (Lipinski definition) is 2. The fourth-order valence-electron chi connectivity index (χ4n) is 1.84. The van der Waals surface area contributed by atoms with Crippen LogP contribution in [0.15, 0.2) is 29.1 Å². The van der Waals surface area contributed by atoms with Crippen LogP contribution in [-0.2, 0) is 6.42 Å². The van der Waals surface area contributed by atoms with Crippen LogP contribution in [0.25, 0.3) is 0 Å². The molecule has 0 saturated carbocycles. The van der Waals surface area contributed by atoms with Gasteiger partial charge in [-0.25, -0.2) is 4.79 Å². The Bertz CT molecular complexity index is 620. The summed E-state index contributed by atoms with van der Waals surface area (Å²) in [6, 6.07) is 7.40. The molecule has 0 aliphatic carbocycles. The number of aromatic nitrogens is 2. The number of hydrogen-bond acceptors (Lipinski definition) is 4. The number of nitrogens with one attached hydrogen (secondary N) is 1. The number of rotatable bonds is 3. The second kappa shape index (κ2) is 4.91. The van der Waals surface area contributed by atoms with Gasteiger partial charge in [0.25, 0.3) is 0 Å². The molecule has 0 bridgehead atoms. The lowest BCUT2D eigenvalue weighted by Crippen LogP contribution is -2.14. The monoisotopic (exact) mass is 245 g/mol. The topological polar surface area (TPSA) is 81.0 Å². The third kappa shape index (κ3) is 2.68. The van der Waals surface area contributed by atoms with Gasteiger partial charge in [-0.15, -0.1) is 0 Å². The second-order valence-corrected chi connectivity index (χ2v) is 4.11. The first-order valence-electron chi connectivity index (χ1n) is 5.57. The number of methoxy groups -OCH3 is 1. The van der Waals surface area contributed by atoms with Crippen LogP contribution in [0, 0.1) is 6.92 Å². The van der Waals surface area contributed by atoms with Crippen LogP contribution in [-0.4, -0.2) is 17.1 Å². The summed E-state index contributed by atoms with van der Waals surface area (Å²) in [6.07, 6.45) is 0.568. The minimum Gasteiger partial charge on any atom is -0.495 e. The van der Waals surface area contributed by atoms with Gasteiger partial charge in [0.05, 0.1) is 18.5 Å². The van der Waals surface area contributed by atoms with Crippen molar-refractivity contribution < 1.29 is 4.74 Å². The molecular weight excluding hydrogens is 230 g/mol. The number of anilines is 1. The van der Waals surface area contributed by atoms with Gasteiger partial charge < -0.3 is 15.5 Å². The maximum Gasteiger partial charge on any atom is 0.345 e. The van der Waals surface area contributed by atoms with Crippen LogP contribution >= 0.6 is 0 Å². The summed E-state index contributed by atoms with van der Waals surface area (Å²) in [4.78, 5) is 17.8. The van der Waals surface area contributed by atoms with Gasteiger partial charge >= 0.3 is 5.69 Å². The van der Waals surface area contributed by atoms with Crippen LogP contribution in [0.5, 0.6) is 5.75 Å². The van der Waals surface area contributed by atoms with Crippen molar-refractivity contribution in [2.75, 3.05) is 12.8 Å². The minimum atomic E-state index is -0.327. The number of H-pyrrole nitrogens is 1. The van der Waals surface area contributed by atoms with Crippen molar-refractivity contribution in [3.05, 3.63) is 51.7 Å². The first-order valence-corrected chi connectivity index (χ1v) is 5.57. The Morgan fingerprint density at radius 1 is 1.39 bits per heavy atom. The van der Waals surface area contributed by atoms with E-state index in [1.54, 1.807) is 7.11 Å². The molecule has 2 aromatic rings. The molecule has 94 valence electrons. The smallest absolute Gasteiger partial charge is 0.345 e. The molecule has 5 heteroatoms. The molecule has 0 unspecified atom stereocenters. The molecule has 0 amide bonds. The van der Waals surface area contributed by atoms with Gasteiger partial charge in [-0.1, -0.05) is 6.07 Å². The van der Waals surface area contributed by atoms with Crippen LogP contribution < -0.4 is 16.2 Å². The zero-order valence-electron chi connectivity index (χ0n) is 10.4. The molecule has 1 aromatic carbocycles. The fourth-order valence-corrected chi connectivity index (χ4v) is 1.84. The molecule has 5 nitrogen and oxygen atoms in total. The lowest BCUT2D eigenvalue weighted by atomic mass is 10.1. The highest BCUT2D eigenvalue weighted by Gasteiger charge is 2.04. The van der Waals surface area contributed by atoms with Crippen LogP contribution in [0.4, 0.5) is 5.69 Å². The lowest BCUT2D eigenvalue weighted by molar-refractivity contribution is 0.417. The third-order valence-electron chi connectivity index (χ3n) is 2.61. The molecule has 2 rings (SSSR count). The normalized spacial score (nSPS) is 10.3. The third-order valence-corrected chi connectivity index (χ3v) is 2.61. The molecule has 0 radical (unpaired) electrons. The average Bonchev–Trinajstić information content (AvgIpc) is 2.27. The summed E-state index contributed by atoms with van der Waals surface area (Å²) in [5, 5.41) is 0. The number of benzene rings is 1. The fraction of sp³-hybridized carbons (Fsp3) is 0.231. The Kier molecular flexibility index (Phi) is 3.32. The number of nitrogens with two attached hydrogens (primary N) is 1. The average molecular weight is 245 g/mol. The van der Waals surface area contributed by atoms with E-state index in [-0.39, 0.29) is 5.69 Å².